The number of nitrogens with one attached hydrogen (secondary N) is 1. The van der Waals surface area contributed by atoms with Gasteiger partial charge in [-0.05, 0) is 36.2 Å². The second kappa shape index (κ2) is 8.24. The van der Waals surface area contributed by atoms with Crippen molar-refractivity contribution in [3.05, 3.63) is 106 Å². The molecule has 2 heterocycles. The molecule has 2 aromatic carbocycles. The Kier molecular flexibility index (Phi) is 5.34. The van der Waals surface area contributed by atoms with Gasteiger partial charge in [0.15, 0.2) is 0 Å². The molecule has 0 fully saturated rings. The number of carbonyl (C=O) groups excluding carboxylic acids is 1. The lowest BCUT2D eigenvalue weighted by Gasteiger charge is -2.08. The van der Waals surface area contributed by atoms with Crippen LogP contribution in [0.5, 0.6) is 0 Å². The van der Waals surface area contributed by atoms with Crippen molar-refractivity contribution in [1.29, 1.82) is 0 Å². The summed E-state index contributed by atoms with van der Waals surface area (Å²) in [6, 6.07) is 15.3. The highest BCUT2D eigenvalue weighted by Gasteiger charge is 2.12. The highest BCUT2D eigenvalue weighted by molar-refractivity contribution is 5.95. The van der Waals surface area contributed by atoms with Crippen molar-refractivity contribution in [3.8, 4) is 0 Å². The summed E-state index contributed by atoms with van der Waals surface area (Å²) in [5, 5.41) is 3.10. The molecule has 150 valence electrons. The van der Waals surface area contributed by atoms with Crippen LogP contribution in [0.4, 0.5) is 4.39 Å². The third-order valence-electron chi connectivity index (χ3n) is 4.72. The van der Waals surface area contributed by atoms with Gasteiger partial charge in [-0.1, -0.05) is 42.0 Å². The van der Waals surface area contributed by atoms with Gasteiger partial charge in [-0.2, -0.15) is 0 Å². The fraction of sp³-hybridized carbons (Fsp3) is 0.130. The molecule has 0 aliphatic carbocycles. The minimum atomic E-state index is -0.377. The molecule has 1 N–H and O–H groups in total. The van der Waals surface area contributed by atoms with Crippen molar-refractivity contribution >= 4 is 16.8 Å². The maximum atomic E-state index is 13.4. The third kappa shape index (κ3) is 4.25. The van der Waals surface area contributed by atoms with Crippen molar-refractivity contribution in [1.82, 2.24) is 19.9 Å². The second-order valence-electron chi connectivity index (χ2n) is 7.07. The average Bonchev–Trinajstić information content (AvgIpc) is 2.74. The molecular weight excluding hydrogens is 383 g/mol. The molecule has 4 aromatic rings. The Morgan fingerprint density at radius 2 is 1.87 bits per heavy atom. The van der Waals surface area contributed by atoms with Gasteiger partial charge in [-0.3, -0.25) is 14.2 Å². The van der Waals surface area contributed by atoms with Crippen LogP contribution in [-0.4, -0.2) is 20.4 Å². The van der Waals surface area contributed by atoms with Crippen molar-refractivity contribution in [2.75, 3.05) is 0 Å². The van der Waals surface area contributed by atoms with Gasteiger partial charge in [0.25, 0.3) is 11.5 Å². The van der Waals surface area contributed by atoms with Gasteiger partial charge in [0.1, 0.15) is 11.5 Å². The predicted octanol–water partition coefficient (Wildman–Crippen LogP) is 3.22. The molecule has 1 amide bonds. The van der Waals surface area contributed by atoms with Crippen molar-refractivity contribution in [2.45, 2.75) is 20.0 Å². The fourth-order valence-corrected chi connectivity index (χ4v) is 3.23. The topological polar surface area (TPSA) is 76.9 Å². The van der Waals surface area contributed by atoms with Crippen LogP contribution in [-0.2, 0) is 13.1 Å². The van der Waals surface area contributed by atoms with Crippen molar-refractivity contribution < 1.29 is 9.18 Å². The molecule has 0 atom stereocenters. The zero-order chi connectivity index (χ0) is 21.1. The number of aryl methyl sites for hydroxylation is 1. The molecule has 0 radical (unpaired) electrons. The number of rotatable bonds is 5. The smallest absolute Gasteiger partial charge is 0.270 e. The summed E-state index contributed by atoms with van der Waals surface area (Å²) in [7, 11) is 0. The van der Waals surface area contributed by atoms with Crippen molar-refractivity contribution in [3.63, 3.8) is 0 Å². The summed E-state index contributed by atoms with van der Waals surface area (Å²) in [6.45, 7) is 2.52. The molecule has 0 saturated heterocycles. The lowest BCUT2D eigenvalue weighted by molar-refractivity contribution is 0.0946. The molecule has 30 heavy (non-hydrogen) atoms. The molecule has 7 heteroatoms. The van der Waals surface area contributed by atoms with E-state index in [2.05, 4.69) is 15.3 Å². The summed E-state index contributed by atoms with van der Waals surface area (Å²) < 4.78 is 14.8. The lowest BCUT2D eigenvalue weighted by atomic mass is 10.1. The molecule has 0 unspecified atom stereocenters. The van der Waals surface area contributed by atoms with E-state index in [1.54, 1.807) is 12.1 Å². The highest BCUT2D eigenvalue weighted by Crippen LogP contribution is 2.10. The molecule has 4 rings (SSSR count). The molecule has 0 bridgehead atoms. The van der Waals surface area contributed by atoms with Gasteiger partial charge in [0.05, 0.1) is 30.0 Å². The molecule has 0 aliphatic rings. The van der Waals surface area contributed by atoms with Crippen LogP contribution in [0.2, 0.25) is 0 Å². The van der Waals surface area contributed by atoms with Crippen LogP contribution in [0.1, 0.15) is 27.2 Å². The van der Waals surface area contributed by atoms with E-state index in [0.29, 0.717) is 17.6 Å². The standard InChI is InChI=1S/C23H19FN4O2/c1-15-4-2-5-16(8-15)11-26-22(29)20-10-19-21(12-25-20)27-14-28(23(19)30)13-17-6-3-7-18(24)9-17/h2-10,12,14H,11,13H2,1H3,(H,26,29). The van der Waals surface area contributed by atoms with Crippen LogP contribution in [0.3, 0.4) is 0 Å². The third-order valence-corrected chi connectivity index (χ3v) is 4.72. The van der Waals surface area contributed by atoms with E-state index in [1.807, 2.05) is 31.2 Å². The van der Waals surface area contributed by atoms with Gasteiger partial charge in [-0.25, -0.2) is 14.4 Å². The first kappa shape index (κ1) is 19.4. The number of amides is 1. The maximum Gasteiger partial charge on any atom is 0.270 e. The number of carbonyl (C=O) groups is 1. The Morgan fingerprint density at radius 1 is 1.07 bits per heavy atom. The number of aromatic nitrogens is 3. The quantitative estimate of drug-likeness (QED) is 0.556. The van der Waals surface area contributed by atoms with E-state index in [1.165, 1.54) is 35.3 Å². The minimum Gasteiger partial charge on any atom is -0.347 e. The highest BCUT2D eigenvalue weighted by atomic mass is 19.1. The van der Waals surface area contributed by atoms with E-state index >= 15 is 0 Å². The van der Waals surface area contributed by atoms with E-state index < -0.39 is 0 Å². The number of hydrogen-bond donors (Lipinski definition) is 1. The first-order valence-electron chi connectivity index (χ1n) is 9.43. The number of halogens is 1. The summed E-state index contributed by atoms with van der Waals surface area (Å²) >= 11 is 0. The number of pyridine rings is 1. The van der Waals surface area contributed by atoms with Gasteiger partial charge in [0, 0.05) is 6.54 Å². The van der Waals surface area contributed by atoms with Crippen LogP contribution in [0.25, 0.3) is 10.9 Å². The number of hydrogen-bond acceptors (Lipinski definition) is 4. The Morgan fingerprint density at radius 3 is 2.67 bits per heavy atom. The summed E-state index contributed by atoms with van der Waals surface area (Å²) in [6.07, 6.45) is 2.81. The molecular formula is C23H19FN4O2. The van der Waals surface area contributed by atoms with Gasteiger partial charge < -0.3 is 5.32 Å². The normalized spacial score (nSPS) is 10.9. The van der Waals surface area contributed by atoms with E-state index in [9.17, 15) is 14.0 Å². The molecule has 2 aromatic heterocycles. The fourth-order valence-electron chi connectivity index (χ4n) is 3.23. The van der Waals surface area contributed by atoms with Gasteiger partial charge in [-0.15, -0.1) is 0 Å². The second-order valence-corrected chi connectivity index (χ2v) is 7.07. The Labute approximate surface area is 172 Å². The summed E-state index contributed by atoms with van der Waals surface area (Å²) in [4.78, 5) is 33.8. The van der Waals surface area contributed by atoms with Gasteiger partial charge in [0.2, 0.25) is 0 Å². The monoisotopic (exact) mass is 402 g/mol. The average molecular weight is 402 g/mol. The zero-order valence-electron chi connectivity index (χ0n) is 16.3. The van der Waals surface area contributed by atoms with Crippen LogP contribution >= 0.6 is 0 Å². The Hall–Kier alpha value is -3.87. The first-order chi connectivity index (χ1) is 14.5. The van der Waals surface area contributed by atoms with Gasteiger partial charge >= 0.3 is 0 Å². The lowest BCUT2D eigenvalue weighted by Crippen LogP contribution is -2.25. The maximum absolute atomic E-state index is 13.4. The minimum absolute atomic E-state index is 0.137. The molecule has 6 nitrogen and oxygen atoms in total. The van der Waals surface area contributed by atoms with E-state index in [0.717, 1.165) is 11.1 Å². The van der Waals surface area contributed by atoms with E-state index in [-0.39, 0.29) is 34.9 Å². The number of nitrogens with zero attached hydrogens (tertiary/aromatic N) is 3. The SMILES string of the molecule is Cc1cccc(CNC(=O)c2cc3c(=O)n(Cc4cccc(F)c4)cnc3cn2)c1. The predicted molar refractivity (Wildman–Crippen MR) is 112 cm³/mol. The number of fused-ring (bicyclic) bond motifs is 1. The van der Waals surface area contributed by atoms with Crippen LogP contribution in [0.15, 0.2) is 71.9 Å². The Bertz CT molecular complexity index is 1300. The Balaban J connectivity index is 1.58. The largest absolute Gasteiger partial charge is 0.347 e. The first-order valence-corrected chi connectivity index (χ1v) is 9.43. The number of benzene rings is 2. The molecule has 0 saturated carbocycles. The summed E-state index contributed by atoms with van der Waals surface area (Å²) in [5.74, 6) is -0.746. The zero-order valence-corrected chi connectivity index (χ0v) is 16.3. The van der Waals surface area contributed by atoms with E-state index in [4.69, 9.17) is 0 Å². The molecule has 0 aliphatic heterocycles. The van der Waals surface area contributed by atoms with Crippen LogP contribution < -0.4 is 10.9 Å². The summed E-state index contributed by atoms with van der Waals surface area (Å²) in [5.41, 5.74) is 2.94. The van der Waals surface area contributed by atoms with Crippen LogP contribution in [0, 0.1) is 12.7 Å². The van der Waals surface area contributed by atoms with Crippen molar-refractivity contribution in [2.24, 2.45) is 0 Å². The molecule has 0 spiro atoms.